The summed E-state index contributed by atoms with van der Waals surface area (Å²) in [6.45, 7) is 4.35. The molecule has 0 aromatic carbocycles. The number of ether oxygens (including phenoxy) is 1. The molecule has 13 heavy (non-hydrogen) atoms. The van der Waals surface area contributed by atoms with Gasteiger partial charge in [0, 0.05) is 19.0 Å². The molecule has 0 heterocycles. The van der Waals surface area contributed by atoms with Crippen LogP contribution in [-0.4, -0.2) is 32.2 Å². The van der Waals surface area contributed by atoms with Crippen molar-refractivity contribution in [1.82, 2.24) is 5.32 Å². The first-order chi connectivity index (χ1) is 6.25. The van der Waals surface area contributed by atoms with Crippen LogP contribution in [0.4, 0.5) is 0 Å². The van der Waals surface area contributed by atoms with Gasteiger partial charge in [-0.3, -0.25) is 4.79 Å². The molecule has 0 spiro atoms. The minimum atomic E-state index is 0.170. The molecule has 0 radical (unpaired) electrons. The maximum absolute atomic E-state index is 11.3. The summed E-state index contributed by atoms with van der Waals surface area (Å²) in [6.07, 6.45) is 1.04. The minimum Gasteiger partial charge on any atom is -0.378 e. The lowest BCUT2D eigenvalue weighted by molar-refractivity contribution is -0.122. The molecule has 76 valence electrons. The van der Waals surface area contributed by atoms with Crippen LogP contribution in [0.5, 0.6) is 0 Å². The topological polar surface area (TPSA) is 64.3 Å². The molecule has 1 saturated carbocycles. The number of hydrogen-bond acceptors (Lipinski definition) is 3. The number of carbonyl (C=O) groups excluding carboxylic acids is 1. The Labute approximate surface area is 78.8 Å². The van der Waals surface area contributed by atoms with Crippen molar-refractivity contribution in [3.63, 3.8) is 0 Å². The van der Waals surface area contributed by atoms with E-state index in [1.165, 1.54) is 0 Å². The van der Waals surface area contributed by atoms with E-state index in [1.807, 2.05) is 0 Å². The van der Waals surface area contributed by atoms with E-state index < -0.39 is 0 Å². The number of nitrogens with two attached hydrogens (primary N) is 1. The summed E-state index contributed by atoms with van der Waals surface area (Å²) in [5, 5.41) is 2.83. The molecule has 4 nitrogen and oxygen atoms in total. The van der Waals surface area contributed by atoms with Gasteiger partial charge < -0.3 is 15.8 Å². The second-order valence-electron chi connectivity index (χ2n) is 3.51. The first-order valence-electron chi connectivity index (χ1n) is 4.81. The standard InChI is InChI=1S/C9H18N2O2/c1-7-6-8(7)9(12)11-3-5-13-4-2-10/h7-8H,2-6,10H2,1H3,(H,11,12). The quantitative estimate of drug-likeness (QED) is 0.561. The van der Waals surface area contributed by atoms with E-state index in [0.717, 1.165) is 6.42 Å². The van der Waals surface area contributed by atoms with Gasteiger partial charge in [-0.2, -0.15) is 0 Å². The Morgan fingerprint density at radius 3 is 2.85 bits per heavy atom. The van der Waals surface area contributed by atoms with Gasteiger partial charge in [0.1, 0.15) is 0 Å². The molecule has 4 heteroatoms. The molecule has 0 aliphatic heterocycles. The molecule has 2 unspecified atom stereocenters. The summed E-state index contributed by atoms with van der Waals surface area (Å²) in [4.78, 5) is 11.3. The molecule has 0 saturated heterocycles. The van der Waals surface area contributed by atoms with Gasteiger partial charge in [-0.15, -0.1) is 0 Å². The summed E-state index contributed by atoms with van der Waals surface area (Å²) in [6, 6.07) is 0. The fourth-order valence-electron chi connectivity index (χ4n) is 1.25. The Hall–Kier alpha value is -0.610. The van der Waals surface area contributed by atoms with E-state index in [2.05, 4.69) is 12.2 Å². The zero-order chi connectivity index (χ0) is 9.68. The molecule has 1 amide bonds. The second-order valence-corrected chi connectivity index (χ2v) is 3.51. The predicted molar refractivity (Wildman–Crippen MR) is 50.2 cm³/mol. The van der Waals surface area contributed by atoms with Crippen LogP contribution in [0.1, 0.15) is 13.3 Å². The minimum absolute atomic E-state index is 0.170. The van der Waals surface area contributed by atoms with E-state index in [4.69, 9.17) is 10.5 Å². The van der Waals surface area contributed by atoms with Crippen molar-refractivity contribution in [1.29, 1.82) is 0 Å². The molecule has 0 aromatic heterocycles. The highest BCUT2D eigenvalue weighted by molar-refractivity contribution is 5.81. The van der Waals surface area contributed by atoms with E-state index >= 15 is 0 Å². The van der Waals surface area contributed by atoms with E-state index in [1.54, 1.807) is 0 Å². The van der Waals surface area contributed by atoms with Crippen molar-refractivity contribution < 1.29 is 9.53 Å². The Bertz CT molecular complexity index is 173. The fraction of sp³-hybridized carbons (Fsp3) is 0.889. The number of nitrogens with one attached hydrogen (secondary N) is 1. The van der Waals surface area contributed by atoms with Gasteiger partial charge in [-0.05, 0) is 12.3 Å². The number of carbonyl (C=O) groups is 1. The Morgan fingerprint density at radius 2 is 2.31 bits per heavy atom. The molecule has 1 fully saturated rings. The lowest BCUT2D eigenvalue weighted by Gasteiger charge is -2.04. The third-order valence-corrected chi connectivity index (χ3v) is 2.25. The highest BCUT2D eigenvalue weighted by Crippen LogP contribution is 2.37. The highest BCUT2D eigenvalue weighted by Gasteiger charge is 2.38. The van der Waals surface area contributed by atoms with Gasteiger partial charge in [0.15, 0.2) is 0 Å². The average Bonchev–Trinajstić information content (AvgIpc) is 2.82. The monoisotopic (exact) mass is 186 g/mol. The number of rotatable bonds is 6. The van der Waals surface area contributed by atoms with Crippen LogP contribution in [0.15, 0.2) is 0 Å². The molecular weight excluding hydrogens is 168 g/mol. The fourth-order valence-corrected chi connectivity index (χ4v) is 1.25. The van der Waals surface area contributed by atoms with Gasteiger partial charge in [-0.25, -0.2) is 0 Å². The van der Waals surface area contributed by atoms with Crippen LogP contribution in [0, 0.1) is 11.8 Å². The lowest BCUT2D eigenvalue weighted by Crippen LogP contribution is -2.29. The number of amides is 1. The van der Waals surface area contributed by atoms with Crippen molar-refractivity contribution in [2.24, 2.45) is 17.6 Å². The summed E-state index contributed by atoms with van der Waals surface area (Å²) in [5.41, 5.74) is 5.23. The van der Waals surface area contributed by atoms with Gasteiger partial charge in [-0.1, -0.05) is 6.92 Å². The summed E-state index contributed by atoms with van der Waals surface area (Å²) >= 11 is 0. The van der Waals surface area contributed by atoms with E-state index in [0.29, 0.717) is 32.2 Å². The SMILES string of the molecule is CC1CC1C(=O)NCCOCCN. The van der Waals surface area contributed by atoms with Crippen LogP contribution in [0.25, 0.3) is 0 Å². The van der Waals surface area contributed by atoms with Gasteiger partial charge >= 0.3 is 0 Å². The van der Waals surface area contributed by atoms with Crippen LogP contribution < -0.4 is 11.1 Å². The number of hydrogen-bond donors (Lipinski definition) is 2. The summed E-state index contributed by atoms with van der Waals surface area (Å²) in [5.74, 6) is 1.00. The van der Waals surface area contributed by atoms with Gasteiger partial charge in [0.2, 0.25) is 5.91 Å². The van der Waals surface area contributed by atoms with Crippen molar-refractivity contribution >= 4 is 5.91 Å². The van der Waals surface area contributed by atoms with Crippen molar-refractivity contribution in [3.8, 4) is 0 Å². The van der Waals surface area contributed by atoms with E-state index in [9.17, 15) is 4.79 Å². The van der Waals surface area contributed by atoms with Gasteiger partial charge in [0.05, 0.1) is 13.2 Å². The maximum atomic E-state index is 11.3. The second kappa shape index (κ2) is 5.19. The zero-order valence-corrected chi connectivity index (χ0v) is 8.08. The first kappa shape index (κ1) is 10.5. The van der Waals surface area contributed by atoms with Gasteiger partial charge in [0.25, 0.3) is 0 Å². The molecule has 3 N–H and O–H groups in total. The lowest BCUT2D eigenvalue weighted by atomic mass is 10.3. The summed E-state index contributed by atoms with van der Waals surface area (Å²) in [7, 11) is 0. The predicted octanol–water partition coefficient (Wildman–Crippen LogP) is -0.266. The average molecular weight is 186 g/mol. The Morgan fingerprint density at radius 1 is 1.62 bits per heavy atom. The van der Waals surface area contributed by atoms with Crippen LogP contribution in [-0.2, 0) is 9.53 Å². The van der Waals surface area contributed by atoms with Crippen LogP contribution in [0.3, 0.4) is 0 Å². The van der Waals surface area contributed by atoms with Crippen molar-refractivity contribution in [2.75, 3.05) is 26.3 Å². The molecule has 1 aliphatic carbocycles. The summed E-state index contributed by atoms with van der Waals surface area (Å²) < 4.78 is 5.12. The third kappa shape index (κ3) is 3.74. The highest BCUT2D eigenvalue weighted by atomic mass is 16.5. The Kier molecular flexibility index (Phi) is 4.18. The molecule has 1 rings (SSSR count). The smallest absolute Gasteiger partial charge is 0.223 e. The van der Waals surface area contributed by atoms with Crippen LogP contribution >= 0.6 is 0 Å². The Balaban J connectivity index is 1.91. The normalized spacial score (nSPS) is 25.7. The first-order valence-corrected chi connectivity index (χ1v) is 4.81. The van der Waals surface area contributed by atoms with E-state index in [-0.39, 0.29) is 11.8 Å². The largest absolute Gasteiger partial charge is 0.378 e. The molecular formula is C9H18N2O2. The zero-order valence-electron chi connectivity index (χ0n) is 8.08. The molecule has 2 atom stereocenters. The maximum Gasteiger partial charge on any atom is 0.223 e. The molecule has 0 bridgehead atoms. The molecule has 0 aromatic rings. The molecule has 1 aliphatic rings. The van der Waals surface area contributed by atoms with Crippen LogP contribution in [0.2, 0.25) is 0 Å². The third-order valence-electron chi connectivity index (χ3n) is 2.25. The van der Waals surface area contributed by atoms with Crippen molar-refractivity contribution in [2.45, 2.75) is 13.3 Å². The van der Waals surface area contributed by atoms with Crippen molar-refractivity contribution in [3.05, 3.63) is 0 Å².